The lowest BCUT2D eigenvalue weighted by Crippen LogP contribution is -2.41. The number of guanidine groups is 1. The van der Waals surface area contributed by atoms with Gasteiger partial charge in [0.05, 0.1) is 18.8 Å². The maximum atomic E-state index is 5.88. The fraction of sp³-hybridized carbons (Fsp3) is 0.412. The summed E-state index contributed by atoms with van der Waals surface area (Å²) in [6.07, 6.45) is 1.76. The topological polar surface area (TPSA) is 63.5 Å². The zero-order valence-corrected chi connectivity index (χ0v) is 15.0. The first-order chi connectivity index (χ1) is 11.6. The van der Waals surface area contributed by atoms with Crippen LogP contribution in [0.5, 0.6) is 5.75 Å². The molecule has 1 heterocycles. The van der Waals surface area contributed by atoms with E-state index in [9.17, 15) is 0 Å². The molecule has 0 saturated heterocycles. The molecule has 1 aromatic carbocycles. The Morgan fingerprint density at radius 1 is 1.29 bits per heavy atom. The second-order valence-electron chi connectivity index (χ2n) is 5.40. The van der Waals surface area contributed by atoms with Crippen molar-refractivity contribution in [1.82, 2.24) is 20.4 Å². The van der Waals surface area contributed by atoms with E-state index in [-0.39, 0.29) is 6.10 Å². The van der Waals surface area contributed by atoms with E-state index < -0.39 is 0 Å². The quantitative estimate of drug-likeness (QED) is 0.595. The number of ether oxygens (including phenoxy) is 1. The second-order valence-corrected chi connectivity index (χ2v) is 5.84. The molecule has 7 heteroatoms. The van der Waals surface area contributed by atoms with E-state index in [1.807, 2.05) is 55.9 Å². The number of hydrogen-bond donors (Lipinski definition) is 2. The molecule has 0 bridgehead atoms. The number of halogens is 1. The predicted molar refractivity (Wildman–Crippen MR) is 97.6 cm³/mol. The van der Waals surface area contributed by atoms with E-state index in [2.05, 4.69) is 20.7 Å². The average Bonchev–Trinajstić information content (AvgIpc) is 2.97. The lowest BCUT2D eigenvalue weighted by atomic mass is 10.3. The summed E-state index contributed by atoms with van der Waals surface area (Å²) >= 11 is 5.88. The monoisotopic (exact) mass is 349 g/mol. The molecule has 0 amide bonds. The van der Waals surface area contributed by atoms with Crippen LogP contribution >= 0.6 is 11.6 Å². The van der Waals surface area contributed by atoms with E-state index in [0.717, 1.165) is 23.9 Å². The van der Waals surface area contributed by atoms with Crippen LogP contribution in [0.3, 0.4) is 0 Å². The maximum Gasteiger partial charge on any atom is 0.191 e. The number of nitrogens with one attached hydrogen (secondary N) is 2. The van der Waals surface area contributed by atoms with Crippen LogP contribution in [0.4, 0.5) is 0 Å². The highest BCUT2D eigenvalue weighted by Gasteiger charge is 2.06. The predicted octanol–water partition coefficient (Wildman–Crippen LogP) is 2.60. The van der Waals surface area contributed by atoms with Gasteiger partial charge in [0.1, 0.15) is 11.9 Å². The van der Waals surface area contributed by atoms with Gasteiger partial charge in [0.15, 0.2) is 5.96 Å². The lowest BCUT2D eigenvalue weighted by molar-refractivity contribution is 0.224. The van der Waals surface area contributed by atoms with Crippen LogP contribution in [0.1, 0.15) is 19.5 Å². The summed E-state index contributed by atoms with van der Waals surface area (Å²) in [4.78, 5) is 4.57. The summed E-state index contributed by atoms with van der Waals surface area (Å²) in [5.74, 6) is 1.55. The molecule has 1 unspecified atom stereocenters. The molecule has 2 N–H and O–H groups in total. The summed E-state index contributed by atoms with van der Waals surface area (Å²) in [5, 5.41) is 11.4. The first kappa shape index (κ1) is 18.1. The molecule has 0 fully saturated rings. The Hall–Kier alpha value is -2.21. The van der Waals surface area contributed by atoms with Crippen LogP contribution in [0.15, 0.2) is 41.5 Å². The number of aromatic nitrogens is 2. The van der Waals surface area contributed by atoms with E-state index in [1.54, 1.807) is 6.20 Å². The Bertz CT molecular complexity index is 653. The zero-order chi connectivity index (χ0) is 17.4. The van der Waals surface area contributed by atoms with Gasteiger partial charge in [-0.3, -0.25) is 4.68 Å². The van der Waals surface area contributed by atoms with Crippen LogP contribution < -0.4 is 15.4 Å². The lowest BCUT2D eigenvalue weighted by Gasteiger charge is -2.17. The maximum absolute atomic E-state index is 5.88. The van der Waals surface area contributed by atoms with Crippen molar-refractivity contribution in [3.8, 4) is 5.75 Å². The Morgan fingerprint density at radius 2 is 2.04 bits per heavy atom. The van der Waals surface area contributed by atoms with E-state index >= 15 is 0 Å². The van der Waals surface area contributed by atoms with Gasteiger partial charge < -0.3 is 15.4 Å². The van der Waals surface area contributed by atoms with Gasteiger partial charge in [-0.1, -0.05) is 11.6 Å². The minimum Gasteiger partial charge on any atom is -0.489 e. The van der Waals surface area contributed by atoms with Gasteiger partial charge in [-0.2, -0.15) is 5.10 Å². The molecule has 24 heavy (non-hydrogen) atoms. The smallest absolute Gasteiger partial charge is 0.191 e. The van der Waals surface area contributed by atoms with Crippen molar-refractivity contribution in [2.24, 2.45) is 12.0 Å². The molecule has 2 aromatic rings. The molecule has 0 aliphatic carbocycles. The van der Waals surface area contributed by atoms with Gasteiger partial charge in [0.2, 0.25) is 0 Å². The zero-order valence-electron chi connectivity index (χ0n) is 14.3. The van der Waals surface area contributed by atoms with Crippen molar-refractivity contribution in [3.05, 3.63) is 47.2 Å². The number of aliphatic imine (C=N–C) groups is 1. The van der Waals surface area contributed by atoms with E-state index in [1.165, 1.54) is 0 Å². The fourth-order valence-corrected chi connectivity index (χ4v) is 2.21. The number of hydrogen-bond acceptors (Lipinski definition) is 3. The van der Waals surface area contributed by atoms with E-state index in [4.69, 9.17) is 16.3 Å². The summed E-state index contributed by atoms with van der Waals surface area (Å²) in [6.45, 7) is 6.04. The summed E-state index contributed by atoms with van der Waals surface area (Å²) in [6, 6.07) is 9.31. The van der Waals surface area contributed by atoms with E-state index in [0.29, 0.717) is 18.1 Å². The number of rotatable bonds is 7. The van der Waals surface area contributed by atoms with Crippen LogP contribution in [0.25, 0.3) is 0 Å². The average molecular weight is 350 g/mol. The van der Waals surface area contributed by atoms with Crippen molar-refractivity contribution < 1.29 is 4.74 Å². The Morgan fingerprint density at radius 3 is 2.67 bits per heavy atom. The largest absolute Gasteiger partial charge is 0.489 e. The highest BCUT2D eigenvalue weighted by Crippen LogP contribution is 2.16. The van der Waals surface area contributed by atoms with Crippen molar-refractivity contribution >= 4 is 17.6 Å². The molecule has 6 nitrogen and oxygen atoms in total. The highest BCUT2D eigenvalue weighted by molar-refractivity contribution is 6.30. The minimum absolute atomic E-state index is 0.00765. The molecule has 0 saturated carbocycles. The van der Waals surface area contributed by atoms with Crippen molar-refractivity contribution in [2.45, 2.75) is 26.5 Å². The van der Waals surface area contributed by atoms with Gasteiger partial charge in [-0.05, 0) is 44.2 Å². The molecule has 0 aliphatic rings. The molecule has 1 atom stereocenters. The minimum atomic E-state index is -0.00765. The summed E-state index contributed by atoms with van der Waals surface area (Å²) in [5.41, 5.74) is 1.05. The Labute approximate surface area is 147 Å². The molecule has 0 aliphatic heterocycles. The SMILES string of the molecule is CCNC(=NCc1ccnn1C)NCC(C)Oc1ccc(Cl)cc1. The van der Waals surface area contributed by atoms with Gasteiger partial charge in [-0.25, -0.2) is 4.99 Å². The third kappa shape index (κ3) is 5.77. The first-order valence-corrected chi connectivity index (χ1v) is 8.37. The van der Waals surface area contributed by atoms with Crippen LogP contribution in [0, 0.1) is 0 Å². The number of benzene rings is 1. The standard InChI is InChI=1S/C17H24ClN5O/c1-4-19-17(21-12-15-9-10-22-23(15)3)20-11-13(2)24-16-7-5-14(18)6-8-16/h5-10,13H,4,11-12H2,1-3H3,(H2,19,20,21). The highest BCUT2D eigenvalue weighted by atomic mass is 35.5. The first-order valence-electron chi connectivity index (χ1n) is 7.99. The van der Waals surface area contributed by atoms with Gasteiger partial charge in [0, 0.05) is 24.8 Å². The van der Waals surface area contributed by atoms with Crippen LogP contribution in [0.2, 0.25) is 5.02 Å². The van der Waals surface area contributed by atoms with Crippen LogP contribution in [-0.4, -0.2) is 34.9 Å². The molecule has 2 rings (SSSR count). The second kappa shape index (κ2) is 9.17. The van der Waals surface area contributed by atoms with Crippen molar-refractivity contribution in [1.29, 1.82) is 0 Å². The molecule has 130 valence electrons. The molecule has 1 aromatic heterocycles. The van der Waals surface area contributed by atoms with Crippen LogP contribution in [-0.2, 0) is 13.6 Å². The molecule has 0 spiro atoms. The Balaban J connectivity index is 1.85. The van der Waals surface area contributed by atoms with Crippen molar-refractivity contribution in [3.63, 3.8) is 0 Å². The number of nitrogens with zero attached hydrogens (tertiary/aromatic N) is 3. The number of aryl methyl sites for hydroxylation is 1. The Kier molecular flexibility index (Phi) is 6.93. The normalized spacial score (nSPS) is 12.8. The molecular weight excluding hydrogens is 326 g/mol. The molecular formula is C17H24ClN5O. The third-order valence-electron chi connectivity index (χ3n) is 3.37. The fourth-order valence-electron chi connectivity index (χ4n) is 2.09. The summed E-state index contributed by atoms with van der Waals surface area (Å²) < 4.78 is 7.67. The summed E-state index contributed by atoms with van der Waals surface area (Å²) in [7, 11) is 1.91. The molecule has 0 radical (unpaired) electrons. The van der Waals surface area contributed by atoms with Gasteiger partial charge in [-0.15, -0.1) is 0 Å². The third-order valence-corrected chi connectivity index (χ3v) is 3.63. The van der Waals surface area contributed by atoms with Gasteiger partial charge >= 0.3 is 0 Å². The van der Waals surface area contributed by atoms with Gasteiger partial charge in [0.25, 0.3) is 0 Å². The van der Waals surface area contributed by atoms with Crippen molar-refractivity contribution in [2.75, 3.05) is 13.1 Å².